The molecule has 0 aliphatic rings. The molecular weight excluding hydrogens is 511 g/mol. The minimum Gasteiger partial charge on any atom is -0.484 e. The van der Waals surface area contributed by atoms with Gasteiger partial charge in [-0.05, 0) is 60.9 Å². The molecule has 184 valence electrons. The largest absolute Gasteiger partial charge is 0.484 e. The fourth-order valence-corrected chi connectivity index (χ4v) is 3.80. The third kappa shape index (κ3) is 8.21. The highest BCUT2D eigenvalue weighted by atomic mass is 79.9. The normalized spacial score (nSPS) is 12.5. The number of carbonyl (C=O) groups excluding carboxylic acids is 2. The lowest BCUT2D eigenvalue weighted by atomic mass is 10.0. The van der Waals surface area contributed by atoms with Crippen LogP contribution in [0.1, 0.15) is 31.4 Å². The number of halogens is 2. The van der Waals surface area contributed by atoms with E-state index in [-0.39, 0.29) is 36.8 Å². The van der Waals surface area contributed by atoms with Gasteiger partial charge in [-0.1, -0.05) is 65.3 Å². The lowest BCUT2D eigenvalue weighted by Crippen LogP contribution is -2.53. The van der Waals surface area contributed by atoms with E-state index in [9.17, 15) is 14.0 Å². The summed E-state index contributed by atoms with van der Waals surface area (Å²) in [6.07, 6.45) is 1.14. The Kier molecular flexibility index (Phi) is 9.85. The summed E-state index contributed by atoms with van der Waals surface area (Å²) < 4.78 is 19.8. The van der Waals surface area contributed by atoms with E-state index < -0.39 is 6.04 Å². The minimum absolute atomic E-state index is 0.0270. The van der Waals surface area contributed by atoms with Crippen LogP contribution >= 0.6 is 15.9 Å². The molecular formula is C28H30BrFN2O3. The predicted octanol–water partition coefficient (Wildman–Crippen LogP) is 5.52. The topological polar surface area (TPSA) is 58.6 Å². The van der Waals surface area contributed by atoms with Crippen LogP contribution in [0.3, 0.4) is 0 Å². The number of nitrogens with one attached hydrogen (secondary N) is 1. The van der Waals surface area contributed by atoms with Crippen molar-refractivity contribution in [3.63, 3.8) is 0 Å². The summed E-state index contributed by atoms with van der Waals surface area (Å²) in [4.78, 5) is 28.5. The summed E-state index contributed by atoms with van der Waals surface area (Å²) in [5.74, 6) is -0.551. The van der Waals surface area contributed by atoms with Crippen LogP contribution in [0, 0.1) is 5.82 Å². The molecule has 3 aromatic carbocycles. The standard InChI is InChI=1S/C28H30BrFN2O3/c1-3-20(2)31-28(34)26(17-21-7-5-4-6-8-21)32(18-22-9-11-23(29)12-10-22)27(33)19-35-25-15-13-24(30)14-16-25/h4-16,20,26H,3,17-19H2,1-2H3,(H,31,34)/t20-,26+/m1/s1. The fraction of sp³-hybridized carbons (Fsp3) is 0.286. The maximum Gasteiger partial charge on any atom is 0.261 e. The molecule has 0 heterocycles. The summed E-state index contributed by atoms with van der Waals surface area (Å²) in [6.45, 7) is 3.91. The molecule has 2 amide bonds. The average molecular weight is 541 g/mol. The first-order chi connectivity index (χ1) is 16.9. The van der Waals surface area contributed by atoms with Crippen LogP contribution in [0.2, 0.25) is 0 Å². The lowest BCUT2D eigenvalue weighted by molar-refractivity contribution is -0.143. The molecule has 0 bridgehead atoms. The van der Waals surface area contributed by atoms with Gasteiger partial charge in [0, 0.05) is 23.5 Å². The van der Waals surface area contributed by atoms with E-state index in [4.69, 9.17) is 4.74 Å². The molecule has 0 aromatic heterocycles. The zero-order valence-electron chi connectivity index (χ0n) is 19.9. The molecule has 35 heavy (non-hydrogen) atoms. The van der Waals surface area contributed by atoms with E-state index in [1.807, 2.05) is 68.4 Å². The maximum absolute atomic E-state index is 13.5. The summed E-state index contributed by atoms with van der Waals surface area (Å²) in [7, 11) is 0. The van der Waals surface area contributed by atoms with Gasteiger partial charge in [0.05, 0.1) is 0 Å². The van der Waals surface area contributed by atoms with E-state index in [2.05, 4.69) is 21.2 Å². The van der Waals surface area contributed by atoms with Crippen LogP contribution in [0.25, 0.3) is 0 Å². The molecule has 1 N–H and O–H groups in total. The van der Waals surface area contributed by atoms with E-state index in [1.54, 1.807) is 4.90 Å². The fourth-order valence-electron chi connectivity index (χ4n) is 3.54. The molecule has 5 nitrogen and oxygen atoms in total. The van der Waals surface area contributed by atoms with Crippen molar-refractivity contribution < 1.29 is 18.7 Å². The van der Waals surface area contributed by atoms with E-state index in [0.717, 1.165) is 22.0 Å². The molecule has 0 fully saturated rings. The Labute approximate surface area is 214 Å². The van der Waals surface area contributed by atoms with Crippen molar-refractivity contribution >= 4 is 27.7 Å². The van der Waals surface area contributed by atoms with Gasteiger partial charge in [-0.15, -0.1) is 0 Å². The molecule has 0 aliphatic carbocycles. The van der Waals surface area contributed by atoms with Crippen LogP contribution < -0.4 is 10.1 Å². The van der Waals surface area contributed by atoms with Gasteiger partial charge >= 0.3 is 0 Å². The zero-order chi connectivity index (χ0) is 25.2. The summed E-state index contributed by atoms with van der Waals surface area (Å²) in [5, 5.41) is 3.04. The van der Waals surface area contributed by atoms with E-state index in [1.165, 1.54) is 24.3 Å². The molecule has 0 saturated carbocycles. The van der Waals surface area contributed by atoms with Crippen LogP contribution in [-0.4, -0.2) is 35.4 Å². The highest BCUT2D eigenvalue weighted by Gasteiger charge is 2.31. The quantitative estimate of drug-likeness (QED) is 0.348. The molecule has 0 unspecified atom stereocenters. The van der Waals surface area contributed by atoms with Gasteiger partial charge in [0.1, 0.15) is 17.6 Å². The number of hydrogen-bond donors (Lipinski definition) is 1. The highest BCUT2D eigenvalue weighted by Crippen LogP contribution is 2.18. The van der Waals surface area contributed by atoms with Crippen LogP contribution in [0.4, 0.5) is 4.39 Å². The maximum atomic E-state index is 13.5. The number of rotatable bonds is 11. The number of carbonyl (C=O) groups is 2. The molecule has 7 heteroatoms. The zero-order valence-corrected chi connectivity index (χ0v) is 21.5. The molecule has 3 rings (SSSR count). The predicted molar refractivity (Wildman–Crippen MR) is 138 cm³/mol. The number of hydrogen-bond acceptors (Lipinski definition) is 3. The average Bonchev–Trinajstić information content (AvgIpc) is 2.87. The highest BCUT2D eigenvalue weighted by molar-refractivity contribution is 9.10. The second kappa shape index (κ2) is 13.0. The summed E-state index contributed by atoms with van der Waals surface area (Å²) >= 11 is 3.44. The molecule has 0 radical (unpaired) electrons. The van der Waals surface area contributed by atoms with Crippen molar-refractivity contribution in [1.82, 2.24) is 10.2 Å². The molecule has 0 spiro atoms. The Bertz CT molecular complexity index is 1090. The van der Waals surface area contributed by atoms with Gasteiger partial charge < -0.3 is 15.0 Å². The van der Waals surface area contributed by atoms with E-state index in [0.29, 0.717) is 12.2 Å². The van der Waals surface area contributed by atoms with Gasteiger partial charge in [-0.3, -0.25) is 9.59 Å². The van der Waals surface area contributed by atoms with Crippen LogP contribution in [0.5, 0.6) is 5.75 Å². The molecule has 2 atom stereocenters. The van der Waals surface area contributed by atoms with Gasteiger partial charge in [-0.25, -0.2) is 4.39 Å². The lowest BCUT2D eigenvalue weighted by Gasteiger charge is -2.32. The van der Waals surface area contributed by atoms with Crippen molar-refractivity contribution in [2.75, 3.05) is 6.61 Å². The number of amides is 2. The monoisotopic (exact) mass is 540 g/mol. The van der Waals surface area contributed by atoms with Gasteiger partial charge in [0.15, 0.2) is 6.61 Å². The van der Waals surface area contributed by atoms with Crippen molar-refractivity contribution in [2.45, 2.75) is 45.3 Å². The van der Waals surface area contributed by atoms with Crippen molar-refractivity contribution in [3.8, 4) is 5.75 Å². The van der Waals surface area contributed by atoms with Crippen molar-refractivity contribution in [2.24, 2.45) is 0 Å². The second-order valence-electron chi connectivity index (χ2n) is 8.41. The summed E-state index contributed by atoms with van der Waals surface area (Å²) in [6, 6.07) is 22.0. The van der Waals surface area contributed by atoms with Gasteiger partial charge in [0.2, 0.25) is 5.91 Å². The first-order valence-electron chi connectivity index (χ1n) is 11.6. The SMILES string of the molecule is CC[C@@H](C)NC(=O)[C@H](Cc1ccccc1)N(Cc1ccc(Br)cc1)C(=O)COc1ccc(F)cc1. The van der Waals surface area contributed by atoms with Gasteiger partial charge in [-0.2, -0.15) is 0 Å². The number of nitrogens with zero attached hydrogens (tertiary/aromatic N) is 1. The first kappa shape index (κ1) is 26.4. The number of benzene rings is 3. The Balaban J connectivity index is 1.89. The smallest absolute Gasteiger partial charge is 0.261 e. The van der Waals surface area contributed by atoms with Gasteiger partial charge in [0.25, 0.3) is 5.91 Å². The second-order valence-corrected chi connectivity index (χ2v) is 9.33. The van der Waals surface area contributed by atoms with Crippen LogP contribution in [-0.2, 0) is 22.6 Å². The van der Waals surface area contributed by atoms with Crippen molar-refractivity contribution in [3.05, 3.63) is 100 Å². The van der Waals surface area contributed by atoms with E-state index >= 15 is 0 Å². The first-order valence-corrected chi connectivity index (χ1v) is 12.4. The Morgan fingerprint density at radius 2 is 1.63 bits per heavy atom. The molecule has 3 aromatic rings. The minimum atomic E-state index is -0.737. The van der Waals surface area contributed by atoms with Crippen molar-refractivity contribution in [1.29, 1.82) is 0 Å². The number of ether oxygens (including phenoxy) is 1. The Hall–Kier alpha value is -3.19. The Morgan fingerprint density at radius 1 is 0.971 bits per heavy atom. The Morgan fingerprint density at radius 3 is 2.26 bits per heavy atom. The molecule has 0 saturated heterocycles. The summed E-state index contributed by atoms with van der Waals surface area (Å²) in [5.41, 5.74) is 1.84. The third-order valence-corrected chi connectivity index (χ3v) is 6.24. The third-order valence-electron chi connectivity index (χ3n) is 5.71. The molecule has 0 aliphatic heterocycles. The van der Waals surface area contributed by atoms with Crippen LogP contribution in [0.15, 0.2) is 83.3 Å².